The molecule has 0 spiro atoms. The summed E-state index contributed by atoms with van der Waals surface area (Å²) >= 11 is 0. The van der Waals surface area contributed by atoms with Crippen LogP contribution in [0.2, 0.25) is 0 Å². The fourth-order valence-electron chi connectivity index (χ4n) is 10.2. The van der Waals surface area contributed by atoms with Crippen LogP contribution in [-0.4, -0.2) is 0 Å². The molecule has 0 amide bonds. The molecule has 0 bridgehead atoms. The monoisotopic (exact) mass is 1100 g/mol. The van der Waals surface area contributed by atoms with Gasteiger partial charge in [-0.1, -0.05) is 298 Å². The molecule has 0 nitrogen and oxygen atoms in total. The molecule has 8 aromatic carbocycles. The second-order valence-corrected chi connectivity index (χ2v) is 26.2. The molecule has 0 atom stereocenters. The molecule has 0 aliphatic heterocycles. The van der Waals surface area contributed by atoms with Gasteiger partial charge in [-0.05, 0) is 210 Å². The lowest BCUT2D eigenvalue weighted by atomic mass is 9.84. The number of benzene rings is 8. The van der Waals surface area contributed by atoms with Crippen LogP contribution in [-0.2, 0) is 24.7 Å². The van der Waals surface area contributed by atoms with E-state index in [2.05, 4.69) is 335 Å². The van der Waals surface area contributed by atoms with Gasteiger partial charge in [0.15, 0.2) is 0 Å². The summed E-state index contributed by atoms with van der Waals surface area (Å²) in [6, 6.07) is 63.3. The zero-order chi connectivity index (χ0) is 60.6. The largest absolute Gasteiger partial charge is 0.0776 e. The van der Waals surface area contributed by atoms with E-state index in [9.17, 15) is 0 Å². The van der Waals surface area contributed by atoms with Crippen molar-refractivity contribution in [3.63, 3.8) is 0 Å². The summed E-state index contributed by atoms with van der Waals surface area (Å²) in [5, 5.41) is 0. The van der Waals surface area contributed by atoms with Crippen molar-refractivity contribution >= 4 is 0 Å². The summed E-state index contributed by atoms with van der Waals surface area (Å²) in [6.45, 7) is 51.4. The van der Waals surface area contributed by atoms with E-state index < -0.39 is 0 Å². The molecular formula is C82H114. The van der Waals surface area contributed by atoms with Gasteiger partial charge in [0.1, 0.15) is 0 Å². The van der Waals surface area contributed by atoms with Gasteiger partial charge in [-0.15, -0.1) is 0 Å². The van der Waals surface area contributed by atoms with Crippen molar-refractivity contribution in [2.75, 3.05) is 0 Å². The van der Waals surface area contributed by atoms with Crippen molar-refractivity contribution in [2.45, 2.75) is 209 Å². The lowest BCUT2D eigenvalue weighted by Gasteiger charge is -2.21. The van der Waals surface area contributed by atoms with Crippen molar-refractivity contribution in [3.05, 3.63) is 259 Å². The molecule has 0 saturated heterocycles. The summed E-state index contributed by atoms with van der Waals surface area (Å²) in [5.74, 6) is 4.01. The number of hydrogen-bond donors (Lipinski definition) is 0. The topological polar surface area (TPSA) is 0 Å². The van der Waals surface area contributed by atoms with Gasteiger partial charge in [0.2, 0.25) is 0 Å². The summed E-state index contributed by atoms with van der Waals surface area (Å²) in [4.78, 5) is 0. The molecule has 0 fully saturated rings. The Bertz CT molecular complexity index is 2990. The maximum absolute atomic E-state index is 2.36. The molecule has 8 rings (SSSR count). The highest BCUT2D eigenvalue weighted by Crippen LogP contribution is 2.34. The van der Waals surface area contributed by atoms with E-state index in [1.165, 1.54) is 125 Å². The van der Waals surface area contributed by atoms with E-state index in [0.29, 0.717) is 17.8 Å². The molecule has 0 N–H and O–H groups in total. The van der Waals surface area contributed by atoms with Crippen molar-refractivity contribution in [1.29, 1.82) is 0 Å². The van der Waals surface area contributed by atoms with Crippen LogP contribution in [0, 0.1) is 73.1 Å². The van der Waals surface area contributed by atoms with E-state index in [-0.39, 0.29) is 12.8 Å². The molecule has 0 aliphatic rings. The molecule has 0 heteroatoms. The van der Waals surface area contributed by atoms with Crippen LogP contribution in [0.25, 0.3) is 22.3 Å². The number of hydrogen-bond acceptors (Lipinski definition) is 0. The third-order valence-electron chi connectivity index (χ3n) is 15.1. The van der Waals surface area contributed by atoms with Crippen molar-refractivity contribution < 1.29 is 0 Å². The fraction of sp³-hybridized carbons (Fsp3) is 0.415. The van der Waals surface area contributed by atoms with Gasteiger partial charge >= 0.3 is 0 Å². The first-order chi connectivity index (χ1) is 38.1. The highest BCUT2D eigenvalue weighted by atomic mass is 14.2. The standard InChI is InChI=1S/C19H24.C16H18.C13H20.3C11H16.CH4/c1-13(2)18-11-17(16-9-7-6-8-10-16)12-19(14(3)4)15(18)5;1-12(2)15-10-7-11-16(13(15)3)14-8-5-4-6-9-14;1-9-7-12(13(4,5)6)8-10(2)11(9)3;1-9(2)8-11-6-4-10(3)5-7-11;1-9(2)7-11-6-4-5-10(3)8-11;1-9(2)8-11-7-5-4-6-10(11)3;/h6-14H,1-5H3;4-12H,1-3H3;7-8H,1-6H3;4-7,9H,8H2,1-3H3;4-6,8-9H,7H2,1-3H3;4-7,9H,8H2,1-3H3;1H4. The van der Waals surface area contributed by atoms with Crippen LogP contribution in [0.3, 0.4) is 0 Å². The lowest BCUT2D eigenvalue weighted by Crippen LogP contribution is -2.12. The maximum Gasteiger partial charge on any atom is -0.0132 e. The normalized spacial score (nSPS) is 10.8. The van der Waals surface area contributed by atoms with E-state index in [0.717, 1.165) is 17.8 Å². The smallest absolute Gasteiger partial charge is 0.0132 e. The van der Waals surface area contributed by atoms with Gasteiger partial charge in [-0.3, -0.25) is 0 Å². The molecule has 0 heterocycles. The Morgan fingerprint density at radius 1 is 0.317 bits per heavy atom. The quantitative estimate of drug-likeness (QED) is 0.121. The van der Waals surface area contributed by atoms with Crippen LogP contribution in [0.5, 0.6) is 0 Å². The first-order valence-electron chi connectivity index (χ1n) is 30.7. The number of aryl methyl sites for hydroxylation is 5. The first-order valence-corrected chi connectivity index (χ1v) is 30.7. The highest BCUT2D eigenvalue weighted by Gasteiger charge is 2.16. The second-order valence-electron chi connectivity index (χ2n) is 26.2. The Hall–Kier alpha value is -6.24. The molecule has 0 unspecified atom stereocenters. The predicted molar refractivity (Wildman–Crippen MR) is 371 cm³/mol. The van der Waals surface area contributed by atoms with Crippen molar-refractivity contribution in [1.82, 2.24) is 0 Å². The summed E-state index contributed by atoms with van der Waals surface area (Å²) in [7, 11) is 0. The van der Waals surface area contributed by atoms with E-state index in [1.54, 1.807) is 0 Å². The van der Waals surface area contributed by atoms with Gasteiger partial charge in [0, 0.05) is 0 Å². The van der Waals surface area contributed by atoms with Gasteiger partial charge in [0.25, 0.3) is 0 Å². The Morgan fingerprint density at radius 3 is 1.22 bits per heavy atom. The van der Waals surface area contributed by atoms with Gasteiger partial charge in [-0.25, -0.2) is 0 Å². The van der Waals surface area contributed by atoms with Crippen LogP contribution in [0.15, 0.2) is 176 Å². The van der Waals surface area contributed by atoms with Gasteiger partial charge < -0.3 is 0 Å². The number of rotatable bonds is 11. The van der Waals surface area contributed by atoms with E-state index in [4.69, 9.17) is 0 Å². The minimum atomic E-state index is 0. The zero-order valence-corrected chi connectivity index (χ0v) is 55.3. The minimum absolute atomic E-state index is 0. The molecular weight excluding hydrogens is 985 g/mol. The summed E-state index contributed by atoms with van der Waals surface area (Å²) in [6.07, 6.45) is 3.59. The lowest BCUT2D eigenvalue weighted by molar-refractivity contribution is 0.589. The predicted octanol–water partition coefficient (Wildman–Crippen LogP) is 24.8. The van der Waals surface area contributed by atoms with E-state index in [1.807, 2.05) is 0 Å². The molecule has 0 saturated carbocycles. The van der Waals surface area contributed by atoms with Crippen LogP contribution < -0.4 is 0 Å². The molecule has 0 radical (unpaired) electrons. The Morgan fingerprint density at radius 2 is 0.768 bits per heavy atom. The average molecular weight is 1100 g/mol. The SMILES string of the molecule is C.Cc1c(-c2ccccc2)cccc1C(C)C.Cc1c(C(C)C)cc(-c2ccccc2)cc1C(C)C.Cc1cc(C(C)(C)C)cc(C)c1C.Cc1ccc(CC(C)C)cc1.Cc1cccc(CC(C)C)c1.Cc1ccccc1CC(C)C. The minimum Gasteiger partial charge on any atom is -0.0776 e. The third-order valence-corrected chi connectivity index (χ3v) is 15.1. The van der Waals surface area contributed by atoms with Crippen molar-refractivity contribution in [2.24, 2.45) is 17.8 Å². The molecule has 82 heavy (non-hydrogen) atoms. The second kappa shape index (κ2) is 35.7. The third kappa shape index (κ3) is 25.1. The maximum atomic E-state index is 2.36. The molecule has 0 aromatic heterocycles. The Labute approximate surface area is 505 Å². The highest BCUT2D eigenvalue weighted by molar-refractivity contribution is 5.69. The van der Waals surface area contributed by atoms with Crippen LogP contribution in [0.4, 0.5) is 0 Å². The molecule has 8 aromatic rings. The van der Waals surface area contributed by atoms with Crippen molar-refractivity contribution in [3.8, 4) is 22.3 Å². The van der Waals surface area contributed by atoms with Gasteiger partial charge in [-0.2, -0.15) is 0 Å². The average Bonchev–Trinajstić information content (AvgIpc) is 3.40. The fourth-order valence-corrected chi connectivity index (χ4v) is 10.2. The summed E-state index contributed by atoms with van der Waals surface area (Å²) in [5.41, 5.74) is 27.1. The molecule has 442 valence electrons. The van der Waals surface area contributed by atoms with Crippen LogP contribution >= 0.6 is 0 Å². The first kappa shape index (κ1) is 71.9. The Kier molecular flexibility index (Phi) is 31.3. The summed E-state index contributed by atoms with van der Waals surface area (Å²) < 4.78 is 0. The van der Waals surface area contributed by atoms with Crippen LogP contribution in [0.1, 0.15) is 212 Å². The van der Waals surface area contributed by atoms with Gasteiger partial charge in [0.05, 0.1) is 0 Å². The van der Waals surface area contributed by atoms with E-state index >= 15 is 0 Å². The molecule has 0 aliphatic carbocycles. The zero-order valence-electron chi connectivity index (χ0n) is 55.3. The Balaban J connectivity index is 0.000000340.